The van der Waals surface area contributed by atoms with Crippen LogP contribution in [0.2, 0.25) is 0 Å². The van der Waals surface area contributed by atoms with Crippen LogP contribution in [-0.2, 0) is 24.1 Å². The fourth-order valence-corrected chi connectivity index (χ4v) is 3.39. The summed E-state index contributed by atoms with van der Waals surface area (Å²) < 4.78 is 0. The van der Waals surface area contributed by atoms with Gasteiger partial charge in [-0.05, 0) is 35.1 Å². The second kappa shape index (κ2) is 6.80. The number of hydrogen-bond acceptors (Lipinski definition) is 4. The molecule has 0 saturated carbocycles. The highest BCUT2D eigenvalue weighted by Crippen LogP contribution is 2.42. The van der Waals surface area contributed by atoms with E-state index in [1.54, 1.807) is 6.07 Å². The normalized spacial score (nSPS) is 10.8. The summed E-state index contributed by atoms with van der Waals surface area (Å²) in [6.07, 6.45) is 0.680. The highest BCUT2D eigenvalue weighted by atomic mass is 16.4. The Bertz CT molecular complexity index is 856. The predicted octanol–water partition coefficient (Wildman–Crippen LogP) is 2.52. The number of nitrogen functional groups attached to an aromatic ring is 1. The summed E-state index contributed by atoms with van der Waals surface area (Å²) in [4.78, 5) is 34.5. The minimum atomic E-state index is -1.32. The molecule has 0 amide bonds. The molecule has 0 radical (unpaired) electrons. The molecular formula is C18H19NO6. The molecule has 25 heavy (non-hydrogen) atoms. The van der Waals surface area contributed by atoms with Crippen molar-refractivity contribution in [3.63, 3.8) is 0 Å². The van der Waals surface area contributed by atoms with Crippen LogP contribution in [0.25, 0.3) is 11.1 Å². The summed E-state index contributed by atoms with van der Waals surface area (Å²) >= 11 is 0. The minimum absolute atomic E-state index is 0.214. The minimum Gasteiger partial charge on any atom is -0.481 e. The zero-order valence-electron chi connectivity index (χ0n) is 13.9. The quantitative estimate of drug-likeness (QED) is 0.631. The molecule has 0 aromatic heterocycles. The van der Waals surface area contributed by atoms with Crippen molar-refractivity contribution in [1.82, 2.24) is 0 Å². The zero-order valence-corrected chi connectivity index (χ0v) is 13.9. The van der Waals surface area contributed by atoms with Gasteiger partial charge in [-0.15, -0.1) is 0 Å². The van der Waals surface area contributed by atoms with E-state index in [9.17, 15) is 24.6 Å². The van der Waals surface area contributed by atoms with E-state index < -0.39 is 17.9 Å². The van der Waals surface area contributed by atoms with E-state index in [2.05, 4.69) is 0 Å². The van der Waals surface area contributed by atoms with E-state index in [-0.39, 0.29) is 34.4 Å². The van der Waals surface area contributed by atoms with Gasteiger partial charge in [-0.2, -0.15) is 0 Å². The molecule has 2 rings (SSSR count). The molecule has 0 saturated heterocycles. The van der Waals surface area contributed by atoms with Crippen LogP contribution < -0.4 is 5.73 Å². The lowest BCUT2D eigenvalue weighted by Crippen LogP contribution is -2.06. The molecular weight excluding hydrogens is 326 g/mol. The standard InChI is InChI=1S/C18H19NO6/c1-3-9-8(7-12(20)21)5-6-11-13(10(9)4-2)15(18(24)25)16(19)14(11)17(22)23/h5-6H,3-4,7,19H2,1-2H3,(H,20,21)(H,22,23)(H,24,25). The Kier molecular flexibility index (Phi) is 4.97. The lowest BCUT2D eigenvalue weighted by Gasteiger charge is -2.11. The van der Waals surface area contributed by atoms with E-state index in [0.29, 0.717) is 29.5 Å². The Balaban J connectivity index is 3.06. The predicted molar refractivity (Wildman–Crippen MR) is 91.5 cm³/mol. The van der Waals surface area contributed by atoms with E-state index in [4.69, 9.17) is 10.8 Å². The third kappa shape index (κ3) is 3.00. The summed E-state index contributed by atoms with van der Waals surface area (Å²) in [5.41, 5.74) is 7.41. The first-order chi connectivity index (χ1) is 11.7. The van der Waals surface area contributed by atoms with Gasteiger partial charge in [-0.25, -0.2) is 9.59 Å². The van der Waals surface area contributed by atoms with Gasteiger partial charge in [-0.1, -0.05) is 26.0 Å². The van der Waals surface area contributed by atoms with Gasteiger partial charge in [0.2, 0.25) is 0 Å². The Morgan fingerprint density at radius 3 is 1.92 bits per heavy atom. The van der Waals surface area contributed by atoms with Gasteiger partial charge in [0.25, 0.3) is 0 Å². The molecule has 5 N–H and O–H groups in total. The van der Waals surface area contributed by atoms with E-state index >= 15 is 0 Å². The SMILES string of the molecule is CCc1c(CC(=O)O)ccc2c(C(=O)O)c(N)c(C(=O)O)c-2c1CC. The highest BCUT2D eigenvalue weighted by molar-refractivity contribution is 6.15. The van der Waals surface area contributed by atoms with Gasteiger partial charge in [-0.3, -0.25) is 4.79 Å². The van der Waals surface area contributed by atoms with E-state index in [1.807, 2.05) is 13.8 Å². The van der Waals surface area contributed by atoms with Crippen LogP contribution in [0.1, 0.15) is 51.3 Å². The van der Waals surface area contributed by atoms with Gasteiger partial charge in [0, 0.05) is 5.56 Å². The molecule has 0 atom stereocenters. The average molecular weight is 345 g/mol. The molecule has 0 heterocycles. The molecule has 7 heteroatoms. The van der Waals surface area contributed by atoms with Crippen molar-refractivity contribution in [1.29, 1.82) is 0 Å². The van der Waals surface area contributed by atoms with Crippen LogP contribution in [0.5, 0.6) is 0 Å². The van der Waals surface area contributed by atoms with Gasteiger partial charge in [0.05, 0.1) is 23.2 Å². The maximum absolute atomic E-state index is 11.7. The van der Waals surface area contributed by atoms with Crippen molar-refractivity contribution in [3.05, 3.63) is 39.9 Å². The van der Waals surface area contributed by atoms with Crippen LogP contribution in [0.15, 0.2) is 12.1 Å². The Hall–Kier alpha value is -3.09. The van der Waals surface area contributed by atoms with Crippen molar-refractivity contribution in [2.75, 3.05) is 5.73 Å². The molecule has 132 valence electrons. The van der Waals surface area contributed by atoms with Gasteiger partial charge in [0.15, 0.2) is 0 Å². The second-order valence-electron chi connectivity index (χ2n) is 5.66. The van der Waals surface area contributed by atoms with Gasteiger partial charge < -0.3 is 21.1 Å². The molecule has 0 aromatic carbocycles. The lowest BCUT2D eigenvalue weighted by molar-refractivity contribution is -0.136. The Morgan fingerprint density at radius 1 is 0.920 bits per heavy atom. The summed E-state index contributed by atoms with van der Waals surface area (Å²) in [6, 6.07) is 3.00. The fourth-order valence-electron chi connectivity index (χ4n) is 3.39. The lowest BCUT2D eigenvalue weighted by atomic mass is 9.93. The number of carboxylic acid groups (broad SMARTS) is 3. The van der Waals surface area contributed by atoms with Crippen molar-refractivity contribution in [2.45, 2.75) is 33.1 Å². The van der Waals surface area contributed by atoms with Crippen molar-refractivity contribution < 1.29 is 29.7 Å². The van der Waals surface area contributed by atoms with Crippen LogP contribution in [0.3, 0.4) is 0 Å². The van der Waals surface area contributed by atoms with Crippen LogP contribution in [0, 0.1) is 0 Å². The van der Waals surface area contributed by atoms with Crippen LogP contribution in [0.4, 0.5) is 5.69 Å². The average Bonchev–Trinajstić information content (AvgIpc) is 2.72. The maximum Gasteiger partial charge on any atom is 0.338 e. The monoisotopic (exact) mass is 345 g/mol. The summed E-state index contributed by atoms with van der Waals surface area (Å²) in [6.45, 7) is 3.66. The topological polar surface area (TPSA) is 138 Å². The second-order valence-corrected chi connectivity index (χ2v) is 5.66. The van der Waals surface area contributed by atoms with Crippen molar-refractivity contribution >= 4 is 23.6 Å². The third-order valence-electron chi connectivity index (χ3n) is 4.31. The number of aromatic carboxylic acids is 2. The van der Waals surface area contributed by atoms with Gasteiger partial charge >= 0.3 is 17.9 Å². The van der Waals surface area contributed by atoms with Gasteiger partial charge in [0.1, 0.15) is 0 Å². The van der Waals surface area contributed by atoms with Crippen molar-refractivity contribution in [2.24, 2.45) is 0 Å². The molecule has 2 aliphatic rings. The Morgan fingerprint density at radius 2 is 1.48 bits per heavy atom. The Labute approximate surface area is 144 Å². The molecule has 7 nitrogen and oxygen atoms in total. The molecule has 0 aromatic rings. The molecule has 0 unspecified atom stereocenters. The zero-order chi connectivity index (χ0) is 18.9. The van der Waals surface area contributed by atoms with Crippen LogP contribution >= 0.6 is 0 Å². The first-order valence-electron chi connectivity index (χ1n) is 7.81. The number of rotatable bonds is 6. The molecule has 0 bridgehead atoms. The van der Waals surface area contributed by atoms with Crippen LogP contribution in [-0.4, -0.2) is 33.2 Å². The smallest absolute Gasteiger partial charge is 0.338 e. The highest BCUT2D eigenvalue weighted by Gasteiger charge is 2.31. The molecule has 0 aliphatic heterocycles. The molecule has 0 fully saturated rings. The van der Waals surface area contributed by atoms with E-state index in [1.165, 1.54) is 6.07 Å². The number of carboxylic acids is 3. The number of carbonyl (C=O) groups is 3. The number of fused-ring (bicyclic) bond motifs is 1. The molecule has 0 spiro atoms. The number of aliphatic carboxylic acids is 1. The summed E-state index contributed by atoms with van der Waals surface area (Å²) in [5.74, 6) is -3.64. The van der Waals surface area contributed by atoms with E-state index in [0.717, 1.165) is 0 Å². The number of nitrogens with two attached hydrogens (primary N) is 1. The summed E-state index contributed by atoms with van der Waals surface area (Å²) in [5, 5.41) is 28.2. The number of hydrogen-bond donors (Lipinski definition) is 4. The first-order valence-corrected chi connectivity index (χ1v) is 7.81. The largest absolute Gasteiger partial charge is 0.481 e. The molecule has 2 aliphatic carbocycles. The first kappa shape index (κ1) is 18.3. The summed E-state index contributed by atoms with van der Waals surface area (Å²) in [7, 11) is 0. The maximum atomic E-state index is 11.7. The van der Waals surface area contributed by atoms with Crippen molar-refractivity contribution in [3.8, 4) is 11.1 Å². The third-order valence-corrected chi connectivity index (χ3v) is 4.31. The fraction of sp³-hybridized carbons (Fsp3) is 0.278. The number of anilines is 1.